The van der Waals surface area contributed by atoms with Gasteiger partial charge in [-0.05, 0) is 36.8 Å². The number of hydrogen-bond acceptors (Lipinski definition) is 5. The highest BCUT2D eigenvalue weighted by molar-refractivity contribution is 6.01. The minimum atomic E-state index is -1.48. The van der Waals surface area contributed by atoms with E-state index in [1.54, 1.807) is 48.7 Å². The minimum absolute atomic E-state index is 0.123. The lowest BCUT2D eigenvalue weighted by molar-refractivity contribution is -0.384. The number of amides is 1. The summed E-state index contributed by atoms with van der Waals surface area (Å²) in [6, 6.07) is 19.2. The van der Waals surface area contributed by atoms with Gasteiger partial charge in [0, 0.05) is 23.9 Å². The van der Waals surface area contributed by atoms with E-state index >= 15 is 0 Å². The molecule has 3 aromatic rings. The number of nitro groups is 1. The smallest absolute Gasteiger partial charge is 0.269 e. The highest BCUT2D eigenvalue weighted by atomic mass is 16.6. The van der Waals surface area contributed by atoms with Crippen molar-refractivity contribution in [3.05, 3.63) is 106 Å². The van der Waals surface area contributed by atoms with Crippen LogP contribution in [0.15, 0.2) is 79.0 Å². The third-order valence-electron chi connectivity index (χ3n) is 4.43. The molecule has 0 fully saturated rings. The first-order chi connectivity index (χ1) is 13.4. The predicted octanol–water partition coefficient (Wildman–Crippen LogP) is 3.25. The van der Waals surface area contributed by atoms with Gasteiger partial charge in [-0.2, -0.15) is 0 Å². The SMILES string of the molecule is CC(=O)[C@](NC(=O)c1ccc([N+](=O)[O-])cc1)(c1ccccc1)c1ccccn1. The van der Waals surface area contributed by atoms with E-state index in [1.165, 1.54) is 31.2 Å². The average molecular weight is 375 g/mol. The normalized spacial score (nSPS) is 12.6. The molecule has 0 aliphatic carbocycles. The lowest BCUT2D eigenvalue weighted by atomic mass is 9.82. The van der Waals surface area contributed by atoms with Crippen LogP contribution in [-0.4, -0.2) is 21.6 Å². The first-order valence-electron chi connectivity index (χ1n) is 8.50. The van der Waals surface area contributed by atoms with Gasteiger partial charge in [0.1, 0.15) is 0 Å². The quantitative estimate of drug-likeness (QED) is 0.526. The zero-order chi connectivity index (χ0) is 20.1. The molecule has 0 bridgehead atoms. The Kier molecular flexibility index (Phi) is 5.26. The summed E-state index contributed by atoms with van der Waals surface area (Å²) in [5.41, 5.74) is -0.466. The summed E-state index contributed by atoms with van der Waals surface area (Å²) in [5, 5.41) is 13.6. The van der Waals surface area contributed by atoms with E-state index < -0.39 is 16.4 Å². The number of pyridine rings is 1. The third kappa shape index (κ3) is 3.50. The fourth-order valence-electron chi connectivity index (χ4n) is 3.01. The molecule has 28 heavy (non-hydrogen) atoms. The number of hydrogen-bond donors (Lipinski definition) is 1. The fourth-order valence-corrected chi connectivity index (χ4v) is 3.01. The van der Waals surface area contributed by atoms with Gasteiger partial charge in [-0.1, -0.05) is 36.4 Å². The van der Waals surface area contributed by atoms with Crippen molar-refractivity contribution >= 4 is 17.4 Å². The minimum Gasteiger partial charge on any atom is -0.331 e. The van der Waals surface area contributed by atoms with Gasteiger partial charge >= 0.3 is 0 Å². The van der Waals surface area contributed by atoms with E-state index in [4.69, 9.17) is 0 Å². The molecular formula is C21H17N3O4. The summed E-state index contributed by atoms with van der Waals surface area (Å²) in [4.78, 5) is 40.4. The Morgan fingerprint density at radius 2 is 1.61 bits per heavy atom. The molecular weight excluding hydrogens is 358 g/mol. The summed E-state index contributed by atoms with van der Waals surface area (Å²) in [7, 11) is 0. The van der Waals surface area contributed by atoms with Crippen molar-refractivity contribution in [1.29, 1.82) is 0 Å². The Morgan fingerprint density at radius 3 is 2.14 bits per heavy atom. The number of nitrogens with zero attached hydrogens (tertiary/aromatic N) is 2. The van der Waals surface area contributed by atoms with Gasteiger partial charge in [-0.3, -0.25) is 24.7 Å². The monoisotopic (exact) mass is 375 g/mol. The molecule has 7 heteroatoms. The van der Waals surface area contributed by atoms with E-state index in [0.29, 0.717) is 11.3 Å². The lowest BCUT2D eigenvalue weighted by Crippen LogP contribution is -2.52. The molecule has 0 aliphatic rings. The van der Waals surface area contributed by atoms with E-state index in [-0.39, 0.29) is 17.0 Å². The molecule has 3 rings (SSSR count). The van der Waals surface area contributed by atoms with Crippen LogP contribution in [0.1, 0.15) is 28.5 Å². The van der Waals surface area contributed by atoms with Crippen LogP contribution >= 0.6 is 0 Å². The average Bonchev–Trinajstić information content (AvgIpc) is 2.73. The summed E-state index contributed by atoms with van der Waals surface area (Å²) < 4.78 is 0. The molecule has 0 spiro atoms. The molecule has 2 aromatic carbocycles. The summed E-state index contributed by atoms with van der Waals surface area (Å²) in [6.07, 6.45) is 1.55. The Bertz CT molecular complexity index is 963. The largest absolute Gasteiger partial charge is 0.331 e. The Labute approximate surface area is 161 Å². The van der Waals surface area contributed by atoms with E-state index in [9.17, 15) is 19.7 Å². The Morgan fingerprint density at radius 1 is 0.964 bits per heavy atom. The zero-order valence-corrected chi connectivity index (χ0v) is 15.0. The number of carbonyl (C=O) groups excluding carboxylic acids is 2. The third-order valence-corrected chi connectivity index (χ3v) is 4.43. The first-order valence-corrected chi connectivity index (χ1v) is 8.50. The number of Topliss-reactive ketones (excluding diaryl/α,β-unsaturated/α-hetero) is 1. The van der Waals surface area contributed by atoms with Gasteiger partial charge in [0.25, 0.3) is 11.6 Å². The van der Waals surface area contributed by atoms with Crippen molar-refractivity contribution in [2.24, 2.45) is 0 Å². The highest BCUT2D eigenvalue weighted by Gasteiger charge is 2.42. The van der Waals surface area contributed by atoms with Crippen LogP contribution in [0.25, 0.3) is 0 Å². The molecule has 7 nitrogen and oxygen atoms in total. The molecule has 1 heterocycles. The molecule has 0 aliphatic heterocycles. The van der Waals surface area contributed by atoms with Gasteiger partial charge in [0.2, 0.25) is 0 Å². The molecule has 0 unspecified atom stereocenters. The molecule has 1 atom stereocenters. The maximum atomic E-state index is 12.9. The van der Waals surface area contributed by atoms with Gasteiger partial charge in [-0.15, -0.1) is 0 Å². The molecule has 0 saturated heterocycles. The molecule has 1 N–H and O–H groups in total. The van der Waals surface area contributed by atoms with Crippen molar-refractivity contribution in [3.63, 3.8) is 0 Å². The Hall–Kier alpha value is -3.87. The first kappa shape index (κ1) is 18.9. The van der Waals surface area contributed by atoms with Crippen molar-refractivity contribution in [1.82, 2.24) is 10.3 Å². The van der Waals surface area contributed by atoms with Gasteiger partial charge in [0.05, 0.1) is 10.6 Å². The second-order valence-electron chi connectivity index (χ2n) is 6.15. The summed E-state index contributed by atoms with van der Waals surface area (Å²) in [5.74, 6) is -0.854. The zero-order valence-electron chi connectivity index (χ0n) is 15.0. The molecule has 140 valence electrons. The highest BCUT2D eigenvalue weighted by Crippen LogP contribution is 2.30. The number of ketones is 1. The number of nitrogens with one attached hydrogen (secondary N) is 1. The van der Waals surface area contributed by atoms with Crippen LogP contribution in [0, 0.1) is 10.1 Å². The van der Waals surface area contributed by atoms with Crippen molar-refractivity contribution in [2.75, 3.05) is 0 Å². The maximum Gasteiger partial charge on any atom is 0.269 e. The van der Waals surface area contributed by atoms with Crippen molar-refractivity contribution in [2.45, 2.75) is 12.5 Å². The lowest BCUT2D eigenvalue weighted by Gasteiger charge is -2.32. The number of non-ortho nitro benzene ring substituents is 1. The second-order valence-corrected chi connectivity index (χ2v) is 6.15. The van der Waals surface area contributed by atoms with Gasteiger partial charge < -0.3 is 5.32 Å². The number of nitro benzene ring substituents is 1. The van der Waals surface area contributed by atoms with Crippen LogP contribution < -0.4 is 5.32 Å². The Balaban J connectivity index is 2.08. The maximum absolute atomic E-state index is 12.9. The van der Waals surface area contributed by atoms with Gasteiger partial charge in [0.15, 0.2) is 11.3 Å². The summed E-state index contributed by atoms with van der Waals surface area (Å²) >= 11 is 0. The predicted molar refractivity (Wildman–Crippen MR) is 103 cm³/mol. The number of carbonyl (C=O) groups is 2. The van der Waals surface area contributed by atoms with Crippen molar-refractivity contribution in [3.8, 4) is 0 Å². The fraction of sp³-hybridized carbons (Fsp3) is 0.0952. The van der Waals surface area contributed by atoms with Crippen LogP contribution in [0.3, 0.4) is 0 Å². The molecule has 0 radical (unpaired) electrons. The number of aromatic nitrogens is 1. The van der Waals surface area contributed by atoms with Crippen molar-refractivity contribution < 1.29 is 14.5 Å². The van der Waals surface area contributed by atoms with E-state index in [0.717, 1.165) is 0 Å². The van der Waals surface area contributed by atoms with Crippen LogP contribution in [0.2, 0.25) is 0 Å². The topological polar surface area (TPSA) is 102 Å². The number of benzene rings is 2. The number of rotatable bonds is 6. The van der Waals surface area contributed by atoms with E-state index in [1.807, 2.05) is 6.07 Å². The van der Waals surface area contributed by atoms with E-state index in [2.05, 4.69) is 10.3 Å². The van der Waals surface area contributed by atoms with Crippen LogP contribution in [0.4, 0.5) is 5.69 Å². The standard InChI is InChI=1S/C21H17N3O4/c1-15(25)21(17-7-3-2-4-8-17,19-9-5-6-14-22-19)23-20(26)16-10-12-18(13-11-16)24(27)28/h2-14H,1H3,(H,23,26)/t21-/m0/s1. The summed E-state index contributed by atoms with van der Waals surface area (Å²) in [6.45, 7) is 1.39. The van der Waals surface area contributed by atoms with Crippen LogP contribution in [0.5, 0.6) is 0 Å². The van der Waals surface area contributed by atoms with Crippen LogP contribution in [-0.2, 0) is 10.3 Å². The van der Waals surface area contributed by atoms with Gasteiger partial charge in [-0.25, -0.2) is 0 Å². The second kappa shape index (κ2) is 7.79. The molecule has 1 amide bonds. The molecule has 1 aromatic heterocycles. The molecule has 0 saturated carbocycles.